The molecule has 3 nitrogen and oxygen atoms in total. The Balaban J connectivity index is 2.65. The summed E-state index contributed by atoms with van der Waals surface area (Å²) in [5, 5.41) is 12.7. The van der Waals surface area contributed by atoms with Gasteiger partial charge in [-0.15, -0.1) is 0 Å². The molecule has 1 aliphatic heterocycles. The number of morpholine rings is 1. The van der Waals surface area contributed by atoms with E-state index in [2.05, 4.69) is 26.1 Å². The summed E-state index contributed by atoms with van der Waals surface area (Å²) in [6.07, 6.45) is 0.896. The van der Waals surface area contributed by atoms with Crippen LogP contribution >= 0.6 is 0 Å². The summed E-state index contributed by atoms with van der Waals surface area (Å²) >= 11 is 0. The van der Waals surface area contributed by atoms with Crippen LogP contribution in [0.25, 0.3) is 0 Å². The van der Waals surface area contributed by atoms with Gasteiger partial charge in [0.1, 0.15) is 0 Å². The van der Waals surface area contributed by atoms with E-state index in [-0.39, 0.29) is 17.7 Å². The summed E-state index contributed by atoms with van der Waals surface area (Å²) in [4.78, 5) is 0. The Labute approximate surface area is 74.1 Å². The molecule has 1 aliphatic rings. The van der Waals surface area contributed by atoms with Gasteiger partial charge in [-0.1, -0.05) is 6.92 Å². The van der Waals surface area contributed by atoms with Crippen molar-refractivity contribution in [3.05, 3.63) is 0 Å². The number of hydrogen-bond acceptors (Lipinski definition) is 3. The van der Waals surface area contributed by atoms with E-state index in [1.165, 1.54) is 0 Å². The maximum atomic E-state index is 9.23. The van der Waals surface area contributed by atoms with Crippen LogP contribution in [0.1, 0.15) is 27.2 Å². The van der Waals surface area contributed by atoms with Crippen molar-refractivity contribution in [1.29, 1.82) is 0 Å². The molecular formula is C9H19NO2. The van der Waals surface area contributed by atoms with Crippen LogP contribution in [0.4, 0.5) is 0 Å². The van der Waals surface area contributed by atoms with E-state index >= 15 is 0 Å². The van der Waals surface area contributed by atoms with Gasteiger partial charge in [0.2, 0.25) is 0 Å². The fourth-order valence-electron chi connectivity index (χ4n) is 1.68. The van der Waals surface area contributed by atoms with Crippen molar-refractivity contribution in [1.82, 2.24) is 5.32 Å². The largest absolute Gasteiger partial charge is 0.394 e. The maximum Gasteiger partial charge on any atom is 0.0671 e. The van der Waals surface area contributed by atoms with Crippen molar-refractivity contribution in [2.75, 3.05) is 19.8 Å². The van der Waals surface area contributed by atoms with Crippen LogP contribution in [0, 0.1) is 0 Å². The number of nitrogens with one attached hydrogen (secondary N) is 1. The molecule has 0 aromatic heterocycles. The molecule has 72 valence electrons. The third kappa shape index (κ3) is 1.97. The van der Waals surface area contributed by atoms with E-state index in [1.54, 1.807) is 0 Å². The predicted molar refractivity (Wildman–Crippen MR) is 48.1 cm³/mol. The zero-order valence-electron chi connectivity index (χ0n) is 8.18. The van der Waals surface area contributed by atoms with Crippen LogP contribution in [-0.2, 0) is 4.74 Å². The summed E-state index contributed by atoms with van der Waals surface area (Å²) in [5.41, 5.74) is -0.237. The van der Waals surface area contributed by atoms with Gasteiger partial charge in [0, 0.05) is 5.54 Å². The van der Waals surface area contributed by atoms with Crippen LogP contribution in [0.15, 0.2) is 0 Å². The van der Waals surface area contributed by atoms with Gasteiger partial charge in [0.25, 0.3) is 0 Å². The highest BCUT2D eigenvalue weighted by molar-refractivity contribution is 4.96. The molecule has 0 aromatic carbocycles. The molecule has 2 N–H and O–H groups in total. The third-order valence-electron chi connectivity index (χ3n) is 2.42. The zero-order chi connectivity index (χ0) is 9.24. The van der Waals surface area contributed by atoms with Gasteiger partial charge >= 0.3 is 0 Å². The zero-order valence-corrected chi connectivity index (χ0v) is 8.18. The number of hydrogen-bond donors (Lipinski definition) is 2. The summed E-state index contributed by atoms with van der Waals surface area (Å²) in [6, 6.07) is 0. The third-order valence-corrected chi connectivity index (χ3v) is 2.42. The van der Waals surface area contributed by atoms with Crippen LogP contribution in [0.5, 0.6) is 0 Å². The smallest absolute Gasteiger partial charge is 0.0671 e. The average Bonchev–Trinajstić information content (AvgIpc) is 2.02. The summed E-state index contributed by atoms with van der Waals surface area (Å²) in [5.74, 6) is 0. The predicted octanol–water partition coefficient (Wildman–Crippen LogP) is 0.526. The van der Waals surface area contributed by atoms with E-state index in [0.717, 1.165) is 13.0 Å². The molecule has 0 spiro atoms. The molecular weight excluding hydrogens is 154 g/mol. The monoisotopic (exact) mass is 173 g/mol. The van der Waals surface area contributed by atoms with E-state index in [0.29, 0.717) is 6.61 Å². The van der Waals surface area contributed by atoms with E-state index in [1.807, 2.05) is 0 Å². The first kappa shape index (κ1) is 9.96. The van der Waals surface area contributed by atoms with Gasteiger partial charge in [-0.25, -0.2) is 0 Å². The van der Waals surface area contributed by atoms with E-state index in [4.69, 9.17) is 4.74 Å². The molecule has 0 aliphatic carbocycles. The molecule has 0 radical (unpaired) electrons. The second kappa shape index (κ2) is 3.32. The summed E-state index contributed by atoms with van der Waals surface area (Å²) in [7, 11) is 0. The van der Waals surface area contributed by atoms with Crippen LogP contribution in [0.3, 0.4) is 0 Å². The maximum absolute atomic E-state index is 9.23. The van der Waals surface area contributed by atoms with Crippen LogP contribution in [0.2, 0.25) is 0 Å². The highest BCUT2D eigenvalue weighted by Gasteiger charge is 2.38. The molecule has 3 heteroatoms. The minimum absolute atomic E-state index is 0.0169. The van der Waals surface area contributed by atoms with Crippen molar-refractivity contribution in [3.63, 3.8) is 0 Å². The molecule has 1 saturated heterocycles. The minimum Gasteiger partial charge on any atom is -0.394 e. The van der Waals surface area contributed by atoms with Gasteiger partial charge in [-0.3, -0.25) is 5.32 Å². The molecule has 1 rings (SSSR count). The lowest BCUT2D eigenvalue weighted by atomic mass is 9.91. The number of aliphatic hydroxyl groups excluding tert-OH is 1. The Morgan fingerprint density at radius 1 is 1.42 bits per heavy atom. The van der Waals surface area contributed by atoms with Crippen molar-refractivity contribution < 1.29 is 9.84 Å². The Kier molecular flexibility index (Phi) is 2.76. The summed E-state index contributed by atoms with van der Waals surface area (Å²) < 4.78 is 5.46. The SMILES string of the molecule is CCC1(CO)COCC(C)(C)N1. The van der Waals surface area contributed by atoms with Gasteiger partial charge < -0.3 is 9.84 Å². The molecule has 0 bridgehead atoms. The van der Waals surface area contributed by atoms with E-state index < -0.39 is 0 Å². The van der Waals surface area contributed by atoms with Crippen LogP contribution in [-0.4, -0.2) is 36.0 Å². The van der Waals surface area contributed by atoms with Gasteiger partial charge in [-0.2, -0.15) is 0 Å². The molecule has 1 fully saturated rings. The van der Waals surface area contributed by atoms with E-state index in [9.17, 15) is 5.11 Å². The number of aliphatic hydroxyl groups is 1. The van der Waals surface area contributed by atoms with Crippen molar-refractivity contribution in [2.24, 2.45) is 0 Å². The second-order valence-electron chi connectivity index (χ2n) is 4.29. The quantitative estimate of drug-likeness (QED) is 0.640. The molecule has 0 amide bonds. The molecule has 0 saturated carbocycles. The molecule has 0 aromatic rings. The number of rotatable bonds is 2. The van der Waals surface area contributed by atoms with Crippen LogP contribution < -0.4 is 5.32 Å². The van der Waals surface area contributed by atoms with Gasteiger partial charge in [0.15, 0.2) is 0 Å². The first-order valence-corrected chi connectivity index (χ1v) is 4.51. The standard InChI is InChI=1S/C9H19NO2/c1-4-9(5-11)7-12-6-8(2,3)10-9/h10-11H,4-7H2,1-3H3. The lowest BCUT2D eigenvalue weighted by Crippen LogP contribution is -2.65. The first-order chi connectivity index (χ1) is 5.54. The van der Waals surface area contributed by atoms with Gasteiger partial charge in [-0.05, 0) is 20.3 Å². The fourth-order valence-corrected chi connectivity index (χ4v) is 1.68. The van der Waals surface area contributed by atoms with Crippen molar-refractivity contribution in [2.45, 2.75) is 38.3 Å². The normalized spacial score (nSPS) is 35.0. The average molecular weight is 173 g/mol. The lowest BCUT2D eigenvalue weighted by Gasteiger charge is -2.44. The molecule has 12 heavy (non-hydrogen) atoms. The molecule has 1 unspecified atom stereocenters. The first-order valence-electron chi connectivity index (χ1n) is 4.51. The van der Waals surface area contributed by atoms with Crippen molar-refractivity contribution in [3.8, 4) is 0 Å². The second-order valence-corrected chi connectivity index (χ2v) is 4.29. The highest BCUT2D eigenvalue weighted by atomic mass is 16.5. The highest BCUT2D eigenvalue weighted by Crippen LogP contribution is 2.21. The topological polar surface area (TPSA) is 41.5 Å². The Hall–Kier alpha value is -0.120. The molecule has 1 heterocycles. The number of ether oxygens (including phenoxy) is 1. The Morgan fingerprint density at radius 2 is 2.08 bits per heavy atom. The summed E-state index contributed by atoms with van der Waals surface area (Å²) in [6.45, 7) is 7.72. The minimum atomic E-state index is -0.220. The fraction of sp³-hybridized carbons (Fsp3) is 1.00. The lowest BCUT2D eigenvalue weighted by molar-refractivity contribution is -0.0527. The Bertz CT molecular complexity index is 153. The van der Waals surface area contributed by atoms with Crippen molar-refractivity contribution >= 4 is 0 Å². The van der Waals surface area contributed by atoms with Gasteiger partial charge in [0.05, 0.1) is 25.4 Å². The Morgan fingerprint density at radius 3 is 2.42 bits per heavy atom. The molecule has 1 atom stereocenters.